The molecule has 0 spiro atoms. The highest BCUT2D eigenvalue weighted by atomic mass is 32.2. The summed E-state index contributed by atoms with van der Waals surface area (Å²) in [6, 6.07) is 0. The van der Waals surface area contributed by atoms with Gasteiger partial charge in [0.05, 0.1) is 9.83 Å². The third-order valence-electron chi connectivity index (χ3n) is 2.14. The number of hydrogen-bond acceptors (Lipinski definition) is 5. The zero-order valence-electron chi connectivity index (χ0n) is 10.4. The van der Waals surface area contributed by atoms with Crippen LogP contribution in [-0.2, 0) is 9.53 Å². The molecule has 1 aliphatic heterocycles. The number of nitro groups is 1. The summed E-state index contributed by atoms with van der Waals surface area (Å²) in [5.41, 5.74) is -0.104. The lowest BCUT2D eigenvalue weighted by Crippen LogP contribution is -1.94. The number of carbonyl (C=O) groups is 1. The first-order chi connectivity index (χ1) is 9.06. The second kappa shape index (κ2) is 7.38. The van der Waals surface area contributed by atoms with Crippen LogP contribution in [0.4, 0.5) is 0 Å². The molecule has 5 nitrogen and oxygen atoms in total. The topological polar surface area (TPSA) is 69.4 Å². The van der Waals surface area contributed by atoms with Gasteiger partial charge < -0.3 is 4.74 Å². The van der Waals surface area contributed by atoms with Crippen molar-refractivity contribution in [2.45, 2.75) is 13.3 Å². The lowest BCUT2D eigenvalue weighted by molar-refractivity contribution is -0.418. The first kappa shape index (κ1) is 15.0. The van der Waals surface area contributed by atoms with Crippen LogP contribution in [0.25, 0.3) is 0 Å². The monoisotopic (exact) mass is 279 g/mol. The lowest BCUT2D eigenvalue weighted by Gasteiger charge is -2.02. The van der Waals surface area contributed by atoms with E-state index in [2.05, 4.69) is 6.58 Å². The third kappa shape index (κ3) is 4.97. The predicted molar refractivity (Wildman–Crippen MR) is 74.6 cm³/mol. The van der Waals surface area contributed by atoms with E-state index in [0.29, 0.717) is 17.1 Å². The van der Waals surface area contributed by atoms with Crippen LogP contribution < -0.4 is 0 Å². The minimum absolute atomic E-state index is 0.0425. The van der Waals surface area contributed by atoms with E-state index in [1.165, 1.54) is 24.5 Å². The Kier molecular flexibility index (Phi) is 5.81. The van der Waals surface area contributed by atoms with E-state index in [9.17, 15) is 14.9 Å². The second-order valence-electron chi connectivity index (χ2n) is 3.43. The fourth-order valence-electron chi connectivity index (χ4n) is 1.15. The van der Waals surface area contributed by atoms with E-state index >= 15 is 0 Å². The number of nitrogens with zero attached hydrogens (tertiary/aromatic N) is 1. The lowest BCUT2D eigenvalue weighted by atomic mass is 10.3. The largest absolute Gasteiger partial charge is 0.468 e. The van der Waals surface area contributed by atoms with Gasteiger partial charge in [-0.25, -0.2) is 0 Å². The molecule has 1 heterocycles. The van der Waals surface area contributed by atoms with Crippen LogP contribution in [0.1, 0.15) is 13.3 Å². The first-order valence-electron chi connectivity index (χ1n) is 5.51. The molecule has 0 saturated heterocycles. The molecule has 1 rings (SSSR count). The Morgan fingerprint density at radius 3 is 2.74 bits per heavy atom. The Labute approximate surface area is 115 Å². The Bertz CT molecular complexity index is 515. The van der Waals surface area contributed by atoms with Gasteiger partial charge in [0.1, 0.15) is 12.0 Å². The van der Waals surface area contributed by atoms with E-state index in [1.54, 1.807) is 6.08 Å². The van der Waals surface area contributed by atoms with E-state index in [-0.39, 0.29) is 10.8 Å². The zero-order chi connectivity index (χ0) is 14.3. The van der Waals surface area contributed by atoms with E-state index in [1.807, 2.05) is 6.92 Å². The van der Waals surface area contributed by atoms with Crippen molar-refractivity contribution in [2.75, 3.05) is 0 Å². The molecule has 1 aliphatic rings. The van der Waals surface area contributed by atoms with E-state index in [4.69, 9.17) is 4.74 Å². The molecule has 0 saturated carbocycles. The number of allylic oxidation sites excluding steroid dienone is 5. The molecular weight excluding hydrogens is 266 g/mol. The molecule has 0 N–H and O–H groups in total. The Morgan fingerprint density at radius 1 is 1.53 bits per heavy atom. The summed E-state index contributed by atoms with van der Waals surface area (Å²) in [6.07, 6.45) is 9.14. The maximum atomic E-state index is 11.0. The maximum absolute atomic E-state index is 11.0. The van der Waals surface area contributed by atoms with Gasteiger partial charge in [-0.15, -0.1) is 0 Å². The highest BCUT2D eigenvalue weighted by Gasteiger charge is 2.09. The van der Waals surface area contributed by atoms with Crippen molar-refractivity contribution in [2.24, 2.45) is 0 Å². The van der Waals surface area contributed by atoms with Gasteiger partial charge in [0, 0.05) is 18.6 Å². The van der Waals surface area contributed by atoms with Gasteiger partial charge in [-0.1, -0.05) is 13.5 Å². The number of ether oxygens (including phenoxy) is 1. The van der Waals surface area contributed by atoms with E-state index < -0.39 is 4.92 Å². The van der Waals surface area contributed by atoms with Crippen molar-refractivity contribution in [3.8, 4) is 0 Å². The predicted octanol–water partition coefficient (Wildman–Crippen LogP) is 3.31. The normalized spacial score (nSPS) is 17.9. The van der Waals surface area contributed by atoms with Crippen LogP contribution in [0, 0.1) is 10.1 Å². The van der Waals surface area contributed by atoms with Gasteiger partial charge >= 0.3 is 0 Å². The van der Waals surface area contributed by atoms with Crippen LogP contribution in [0.3, 0.4) is 0 Å². The standard InChI is InChI=1S/C13H13NO4S/c1-3-10(14(16)17)5-6-11(4-2)18-9-12-7-8-13(15)19-12/h3,5-9H,1,4H2,2H3/b10-5+,11-6+,12-9-. The summed E-state index contributed by atoms with van der Waals surface area (Å²) in [5.74, 6) is 0.557. The Hall–Kier alpha value is -2.08. The van der Waals surface area contributed by atoms with Crippen LogP contribution in [0.5, 0.6) is 0 Å². The average molecular weight is 279 g/mol. The zero-order valence-corrected chi connectivity index (χ0v) is 11.2. The SMILES string of the molecule is C=C/C(=C\C=C(/CC)O/C=C1/C=CC(=O)S1)[N+](=O)[O-]. The maximum Gasteiger partial charge on any atom is 0.268 e. The minimum Gasteiger partial charge on any atom is -0.468 e. The fourth-order valence-corrected chi connectivity index (χ4v) is 1.75. The minimum atomic E-state index is -0.524. The molecule has 0 aliphatic carbocycles. The van der Waals surface area contributed by atoms with Crippen LogP contribution in [-0.4, -0.2) is 10.0 Å². The number of hydrogen-bond donors (Lipinski definition) is 0. The van der Waals surface area contributed by atoms with Crippen molar-refractivity contribution in [3.63, 3.8) is 0 Å². The number of carbonyl (C=O) groups excluding carboxylic acids is 1. The van der Waals surface area contributed by atoms with Gasteiger partial charge in [-0.3, -0.25) is 14.9 Å². The summed E-state index contributed by atoms with van der Waals surface area (Å²) >= 11 is 1.07. The van der Waals surface area contributed by atoms with Crippen molar-refractivity contribution in [1.29, 1.82) is 0 Å². The van der Waals surface area contributed by atoms with Gasteiger partial charge in [-0.05, 0) is 30.0 Å². The average Bonchev–Trinajstić information content (AvgIpc) is 2.79. The van der Waals surface area contributed by atoms with Crippen molar-refractivity contribution in [3.05, 3.63) is 69.7 Å². The van der Waals surface area contributed by atoms with Crippen molar-refractivity contribution in [1.82, 2.24) is 0 Å². The molecule has 0 aromatic rings. The Balaban J connectivity index is 2.73. The fraction of sp³-hybridized carbons (Fsp3) is 0.154. The number of thioether (sulfide) groups is 1. The molecule has 0 fully saturated rings. The molecule has 0 unspecified atom stereocenters. The van der Waals surface area contributed by atoms with Crippen molar-refractivity contribution < 1.29 is 14.5 Å². The molecule has 0 atom stereocenters. The van der Waals surface area contributed by atoms with Crippen LogP contribution >= 0.6 is 11.8 Å². The molecule has 0 amide bonds. The molecule has 100 valence electrons. The van der Waals surface area contributed by atoms with Gasteiger partial charge in [0.15, 0.2) is 0 Å². The first-order valence-corrected chi connectivity index (χ1v) is 6.33. The van der Waals surface area contributed by atoms with Gasteiger partial charge in [0.25, 0.3) is 5.70 Å². The smallest absolute Gasteiger partial charge is 0.268 e. The molecular formula is C13H13NO4S. The van der Waals surface area contributed by atoms with Gasteiger partial charge in [-0.2, -0.15) is 0 Å². The van der Waals surface area contributed by atoms with Crippen LogP contribution in [0.2, 0.25) is 0 Å². The van der Waals surface area contributed by atoms with Crippen molar-refractivity contribution >= 4 is 16.9 Å². The summed E-state index contributed by atoms with van der Waals surface area (Å²) in [4.78, 5) is 21.7. The summed E-state index contributed by atoms with van der Waals surface area (Å²) in [6.45, 7) is 5.22. The molecule has 0 bridgehead atoms. The molecule has 0 aromatic heterocycles. The molecule has 0 aromatic carbocycles. The van der Waals surface area contributed by atoms with Gasteiger partial charge in [0.2, 0.25) is 5.12 Å². The second-order valence-corrected chi connectivity index (χ2v) is 4.51. The summed E-state index contributed by atoms with van der Waals surface area (Å²) in [7, 11) is 0. The highest BCUT2D eigenvalue weighted by Crippen LogP contribution is 2.25. The molecule has 19 heavy (non-hydrogen) atoms. The Morgan fingerprint density at radius 2 is 2.26 bits per heavy atom. The number of rotatable bonds is 6. The third-order valence-corrected chi connectivity index (χ3v) is 2.94. The quantitative estimate of drug-likeness (QED) is 0.323. The van der Waals surface area contributed by atoms with Crippen LogP contribution in [0.15, 0.2) is 59.6 Å². The van der Waals surface area contributed by atoms with E-state index in [0.717, 1.165) is 17.8 Å². The molecule has 0 radical (unpaired) electrons. The summed E-state index contributed by atoms with van der Waals surface area (Å²) < 4.78 is 5.37. The molecule has 6 heteroatoms. The summed E-state index contributed by atoms with van der Waals surface area (Å²) in [5, 5.41) is 10.5. The highest BCUT2D eigenvalue weighted by molar-refractivity contribution is 8.17.